The van der Waals surface area contributed by atoms with Crippen molar-refractivity contribution in [2.75, 3.05) is 21.3 Å². The monoisotopic (exact) mass is 855 g/mol. The zero-order valence-corrected chi connectivity index (χ0v) is 35.6. The maximum atomic E-state index is 14.5. The zero-order valence-electron chi connectivity index (χ0n) is 35.6. The Morgan fingerprint density at radius 1 is 0.661 bits per heavy atom. The number of alkyl carbamates (subject to hydrolysis) is 1. The van der Waals surface area contributed by atoms with E-state index in [9.17, 15) is 34.3 Å². The molecule has 16 nitrogen and oxygen atoms in total. The number of rotatable bonds is 23. The topological polar surface area (TPSA) is 214 Å². The van der Waals surface area contributed by atoms with Gasteiger partial charge in [-0.3, -0.25) is 29.7 Å². The lowest BCUT2D eigenvalue weighted by Crippen LogP contribution is -2.63. The summed E-state index contributed by atoms with van der Waals surface area (Å²) in [5.74, 6) is -2.37. The van der Waals surface area contributed by atoms with Crippen LogP contribution in [0.4, 0.5) is 4.79 Å². The Morgan fingerprint density at radius 3 is 1.76 bits per heavy atom. The first-order valence-electron chi connectivity index (χ1n) is 20.2. The lowest BCUT2D eigenvalue weighted by molar-refractivity contribution is -0.171. The van der Waals surface area contributed by atoms with Crippen molar-refractivity contribution in [2.24, 2.45) is 5.92 Å². The van der Waals surface area contributed by atoms with Crippen molar-refractivity contribution in [1.82, 2.24) is 26.3 Å². The van der Waals surface area contributed by atoms with Gasteiger partial charge >= 0.3 is 12.1 Å². The molecule has 0 aliphatic rings. The molecule has 0 heterocycles. The molecule has 0 spiro atoms. The lowest BCUT2D eigenvalue weighted by Gasteiger charge is -2.33. The standard InChI is InChI=1S/C46H57N5O11/c1-30(2)40(50-46(57)62-29-34-14-10-7-11-15-34)43(54)49-38(26-31-12-8-6-9-13-31)42(53)41(47-27-32-16-20-35(59-3)21-17-32)44(55)48-37(24-25-39(52)61-5)45(56)51(58)28-33-18-22-36(60-4)23-19-33/h6-23,30,37-38,40-42,47,53,58H,24-29H2,1-5H3,(H,48,55)(H,49,54)(H,50,57). The van der Waals surface area contributed by atoms with Crippen LogP contribution in [0.3, 0.4) is 0 Å². The van der Waals surface area contributed by atoms with Crippen molar-refractivity contribution < 1.29 is 53.2 Å². The highest BCUT2D eigenvalue weighted by molar-refractivity contribution is 5.90. The molecule has 0 radical (unpaired) electrons. The molecule has 0 aliphatic heterocycles. The van der Waals surface area contributed by atoms with Crippen LogP contribution in [-0.4, -0.2) is 96.8 Å². The molecule has 4 amide bonds. The van der Waals surface area contributed by atoms with Crippen LogP contribution in [0.25, 0.3) is 0 Å². The van der Waals surface area contributed by atoms with E-state index in [-0.39, 0.29) is 39.0 Å². The predicted molar refractivity (Wildman–Crippen MR) is 229 cm³/mol. The van der Waals surface area contributed by atoms with E-state index in [1.165, 1.54) is 21.3 Å². The maximum absolute atomic E-state index is 14.5. The van der Waals surface area contributed by atoms with Crippen LogP contribution in [0.1, 0.15) is 48.9 Å². The summed E-state index contributed by atoms with van der Waals surface area (Å²) in [6, 6.07) is 26.4. The average Bonchev–Trinajstić information content (AvgIpc) is 3.29. The van der Waals surface area contributed by atoms with Gasteiger partial charge in [-0.05, 0) is 65.3 Å². The quantitative estimate of drug-likeness (QED) is 0.0354. The second kappa shape index (κ2) is 24.7. The molecule has 5 unspecified atom stereocenters. The number of ether oxygens (including phenoxy) is 4. The number of nitrogens with one attached hydrogen (secondary N) is 4. The Kier molecular flexibility index (Phi) is 19.2. The Morgan fingerprint density at radius 2 is 1.21 bits per heavy atom. The second-order valence-electron chi connectivity index (χ2n) is 14.8. The van der Waals surface area contributed by atoms with Gasteiger partial charge in [-0.1, -0.05) is 98.8 Å². The highest BCUT2D eigenvalue weighted by atomic mass is 16.5. The molecule has 4 aromatic rings. The number of hydrogen-bond acceptors (Lipinski definition) is 12. The fourth-order valence-corrected chi connectivity index (χ4v) is 6.44. The van der Waals surface area contributed by atoms with Crippen LogP contribution in [0.15, 0.2) is 109 Å². The number of carbonyl (C=O) groups excluding carboxylic acids is 5. The third kappa shape index (κ3) is 15.2. The van der Waals surface area contributed by atoms with Gasteiger partial charge in [-0.15, -0.1) is 0 Å². The lowest BCUT2D eigenvalue weighted by atomic mass is 9.94. The van der Waals surface area contributed by atoms with E-state index >= 15 is 0 Å². The van der Waals surface area contributed by atoms with E-state index in [4.69, 9.17) is 18.9 Å². The maximum Gasteiger partial charge on any atom is 0.408 e. The summed E-state index contributed by atoms with van der Waals surface area (Å²) in [6.45, 7) is 3.23. The van der Waals surface area contributed by atoms with E-state index in [1.54, 1.807) is 98.8 Å². The van der Waals surface area contributed by atoms with Crippen molar-refractivity contribution in [3.63, 3.8) is 0 Å². The Labute approximate surface area is 361 Å². The van der Waals surface area contributed by atoms with Gasteiger partial charge in [0.25, 0.3) is 5.91 Å². The summed E-state index contributed by atoms with van der Waals surface area (Å²) < 4.78 is 20.6. The Hall–Kier alpha value is -6.49. The molecule has 0 saturated carbocycles. The smallest absolute Gasteiger partial charge is 0.408 e. The number of aliphatic hydroxyl groups is 1. The molecule has 16 heteroatoms. The van der Waals surface area contributed by atoms with Crippen LogP contribution >= 0.6 is 0 Å². The van der Waals surface area contributed by atoms with Crippen LogP contribution in [0, 0.1) is 5.92 Å². The summed E-state index contributed by atoms with van der Waals surface area (Å²) in [5, 5.41) is 34.9. The van der Waals surface area contributed by atoms with Gasteiger partial charge in [0.05, 0.1) is 40.0 Å². The summed E-state index contributed by atoms with van der Waals surface area (Å²) in [6.07, 6.45) is -3.00. The fourth-order valence-electron chi connectivity index (χ4n) is 6.44. The summed E-state index contributed by atoms with van der Waals surface area (Å²) in [7, 11) is 4.22. The number of nitrogens with zero attached hydrogens (tertiary/aromatic N) is 1. The third-order valence-electron chi connectivity index (χ3n) is 10.0. The number of aliphatic hydroxyl groups excluding tert-OH is 1. The van der Waals surface area contributed by atoms with E-state index in [1.807, 2.05) is 24.3 Å². The molecule has 332 valence electrons. The Bertz CT molecular complexity index is 2020. The van der Waals surface area contributed by atoms with Crippen LogP contribution in [-0.2, 0) is 54.8 Å². The van der Waals surface area contributed by atoms with Crippen molar-refractivity contribution in [3.8, 4) is 11.5 Å². The molecule has 0 fully saturated rings. The van der Waals surface area contributed by atoms with E-state index < -0.39 is 66.0 Å². The zero-order chi connectivity index (χ0) is 45.0. The van der Waals surface area contributed by atoms with Gasteiger partial charge in [-0.2, -0.15) is 0 Å². The highest BCUT2D eigenvalue weighted by Crippen LogP contribution is 2.17. The fraction of sp³-hybridized carbons (Fsp3) is 0.370. The van der Waals surface area contributed by atoms with Gasteiger partial charge in [0.15, 0.2) is 0 Å². The molecule has 0 bridgehead atoms. The minimum atomic E-state index is -1.67. The normalized spacial score (nSPS) is 13.4. The highest BCUT2D eigenvalue weighted by Gasteiger charge is 2.38. The van der Waals surface area contributed by atoms with Gasteiger partial charge < -0.3 is 40.0 Å². The number of carbonyl (C=O) groups is 5. The van der Waals surface area contributed by atoms with Crippen molar-refractivity contribution in [3.05, 3.63) is 131 Å². The number of methoxy groups -OCH3 is 3. The molecular formula is C46H57N5O11. The summed E-state index contributed by atoms with van der Waals surface area (Å²) in [5.41, 5.74) is 2.72. The minimum Gasteiger partial charge on any atom is -0.497 e. The molecule has 0 aromatic heterocycles. The molecule has 62 heavy (non-hydrogen) atoms. The molecule has 4 aromatic carbocycles. The number of hydroxylamine groups is 2. The summed E-state index contributed by atoms with van der Waals surface area (Å²) in [4.78, 5) is 67.6. The number of amides is 4. The molecule has 4 rings (SSSR count). The second-order valence-corrected chi connectivity index (χ2v) is 14.8. The van der Waals surface area contributed by atoms with Gasteiger partial charge in [0.2, 0.25) is 11.8 Å². The number of hydrogen-bond donors (Lipinski definition) is 6. The largest absolute Gasteiger partial charge is 0.497 e. The SMILES string of the molecule is COC(=O)CCC(NC(=O)C(NCc1ccc(OC)cc1)C(O)C(Cc1ccccc1)NC(=O)C(NC(=O)OCc1ccccc1)C(C)C)C(=O)N(O)Cc1ccc(OC)cc1. The molecular weight excluding hydrogens is 799 g/mol. The van der Waals surface area contributed by atoms with Crippen LogP contribution in [0.2, 0.25) is 0 Å². The van der Waals surface area contributed by atoms with Gasteiger partial charge in [0, 0.05) is 13.0 Å². The molecule has 0 aliphatic carbocycles. The first-order valence-corrected chi connectivity index (χ1v) is 20.2. The summed E-state index contributed by atoms with van der Waals surface area (Å²) >= 11 is 0. The molecule has 5 atom stereocenters. The Balaban J connectivity index is 1.64. The molecule has 6 N–H and O–H groups in total. The van der Waals surface area contributed by atoms with E-state index in [2.05, 4.69) is 21.3 Å². The van der Waals surface area contributed by atoms with Gasteiger partial charge in [-0.25, -0.2) is 9.86 Å². The van der Waals surface area contributed by atoms with Crippen molar-refractivity contribution >= 4 is 29.8 Å². The molecule has 0 saturated heterocycles. The first-order chi connectivity index (χ1) is 29.8. The first kappa shape index (κ1) is 48.2. The number of esters is 1. The van der Waals surface area contributed by atoms with Crippen molar-refractivity contribution in [1.29, 1.82) is 0 Å². The van der Waals surface area contributed by atoms with E-state index in [0.29, 0.717) is 33.3 Å². The minimum absolute atomic E-state index is 0.0240. The van der Waals surface area contributed by atoms with Gasteiger partial charge in [0.1, 0.15) is 36.2 Å². The van der Waals surface area contributed by atoms with Crippen LogP contribution < -0.4 is 30.7 Å². The average molecular weight is 856 g/mol. The number of benzene rings is 4. The van der Waals surface area contributed by atoms with Crippen LogP contribution in [0.5, 0.6) is 11.5 Å². The third-order valence-corrected chi connectivity index (χ3v) is 10.0. The van der Waals surface area contributed by atoms with E-state index in [0.717, 1.165) is 5.56 Å². The predicted octanol–water partition coefficient (Wildman–Crippen LogP) is 4.06. The van der Waals surface area contributed by atoms with Crippen molar-refractivity contribution in [2.45, 2.75) is 83.1 Å².